The summed E-state index contributed by atoms with van der Waals surface area (Å²) in [5, 5.41) is 3.16. The molecular weight excluding hydrogens is 360 g/mol. The lowest BCUT2D eigenvalue weighted by molar-refractivity contribution is 0.210. The second kappa shape index (κ2) is 8.21. The zero-order valence-electron chi connectivity index (χ0n) is 14.0. The van der Waals surface area contributed by atoms with Gasteiger partial charge in [0.15, 0.2) is 5.82 Å². The molecule has 0 amide bonds. The van der Waals surface area contributed by atoms with Crippen LogP contribution < -0.4 is 5.32 Å². The quantitative estimate of drug-likeness (QED) is 0.629. The zero-order chi connectivity index (χ0) is 18.5. The molecule has 1 aromatic heterocycles. The van der Waals surface area contributed by atoms with Crippen molar-refractivity contribution in [3.8, 4) is 22.6 Å². The minimum absolute atomic E-state index is 0.0295. The van der Waals surface area contributed by atoms with Crippen LogP contribution in [-0.4, -0.2) is 30.2 Å². The van der Waals surface area contributed by atoms with Crippen molar-refractivity contribution in [3.05, 3.63) is 65.2 Å². The Balaban J connectivity index is 2.04. The van der Waals surface area contributed by atoms with Gasteiger partial charge in [-0.05, 0) is 42.5 Å². The Bertz CT molecular complexity index is 904. The third kappa shape index (κ3) is 4.33. The fraction of sp³-hybridized carbons (Fsp3) is 0.158. The van der Waals surface area contributed by atoms with Gasteiger partial charge < -0.3 is 10.1 Å². The number of ether oxygens (including phenoxy) is 1. The topological polar surface area (TPSA) is 47.0 Å². The van der Waals surface area contributed by atoms with Gasteiger partial charge in [0, 0.05) is 30.8 Å². The molecule has 1 N–H and O–H groups in total. The summed E-state index contributed by atoms with van der Waals surface area (Å²) in [5.41, 5.74) is 1.80. The molecule has 7 heteroatoms. The molecule has 0 bridgehead atoms. The molecular formula is C19H16ClF2N3O. The average Bonchev–Trinajstić information content (AvgIpc) is 2.64. The predicted octanol–water partition coefficient (Wildman–Crippen LogP) is 4.80. The third-order valence-electron chi connectivity index (χ3n) is 3.66. The number of nitrogens with one attached hydrogen (secondary N) is 1. The van der Waals surface area contributed by atoms with E-state index in [0.717, 1.165) is 5.56 Å². The smallest absolute Gasteiger partial charge is 0.162 e. The molecule has 0 spiro atoms. The number of hydrogen-bond acceptors (Lipinski definition) is 4. The van der Waals surface area contributed by atoms with E-state index in [1.165, 1.54) is 24.3 Å². The van der Waals surface area contributed by atoms with Crippen LogP contribution in [0.25, 0.3) is 22.6 Å². The summed E-state index contributed by atoms with van der Waals surface area (Å²) in [4.78, 5) is 8.92. The van der Waals surface area contributed by atoms with E-state index >= 15 is 0 Å². The standard InChI is InChI=1S/C19H16ClF2N3O/c1-26-9-8-23-18-11-17(12-2-5-14(21)6-3-12)24-19(25-18)13-4-7-15(20)16(22)10-13/h2-7,10-11H,8-9H2,1H3,(H,23,24,25). The zero-order valence-corrected chi connectivity index (χ0v) is 14.7. The van der Waals surface area contributed by atoms with E-state index in [1.54, 1.807) is 31.4 Å². The first-order chi connectivity index (χ1) is 12.6. The molecule has 0 aliphatic rings. The van der Waals surface area contributed by atoms with Gasteiger partial charge in [-0.1, -0.05) is 11.6 Å². The van der Waals surface area contributed by atoms with E-state index in [2.05, 4.69) is 15.3 Å². The minimum Gasteiger partial charge on any atom is -0.383 e. The molecule has 0 radical (unpaired) electrons. The summed E-state index contributed by atoms with van der Waals surface area (Å²) in [6.07, 6.45) is 0. The molecule has 0 saturated carbocycles. The van der Waals surface area contributed by atoms with E-state index in [1.807, 2.05) is 0 Å². The lowest BCUT2D eigenvalue weighted by atomic mass is 10.1. The third-order valence-corrected chi connectivity index (χ3v) is 3.96. The van der Waals surface area contributed by atoms with Crippen molar-refractivity contribution in [2.24, 2.45) is 0 Å². The Kier molecular flexibility index (Phi) is 5.75. The van der Waals surface area contributed by atoms with Crippen molar-refractivity contribution in [1.29, 1.82) is 0 Å². The van der Waals surface area contributed by atoms with Crippen LogP contribution in [0.15, 0.2) is 48.5 Å². The molecule has 0 saturated heterocycles. The highest BCUT2D eigenvalue weighted by Crippen LogP contribution is 2.26. The predicted molar refractivity (Wildman–Crippen MR) is 98.2 cm³/mol. The molecule has 0 fully saturated rings. The Morgan fingerprint density at radius 3 is 2.42 bits per heavy atom. The first-order valence-corrected chi connectivity index (χ1v) is 8.28. The lowest BCUT2D eigenvalue weighted by Gasteiger charge is -2.11. The van der Waals surface area contributed by atoms with Crippen molar-refractivity contribution >= 4 is 17.4 Å². The molecule has 0 aliphatic heterocycles. The molecule has 26 heavy (non-hydrogen) atoms. The fourth-order valence-electron chi connectivity index (χ4n) is 2.35. The number of aromatic nitrogens is 2. The van der Waals surface area contributed by atoms with Crippen LogP contribution in [0, 0.1) is 11.6 Å². The summed E-state index contributed by atoms with van der Waals surface area (Å²) in [5.74, 6) is 0.0131. The molecule has 2 aromatic carbocycles. The Morgan fingerprint density at radius 2 is 1.73 bits per heavy atom. The van der Waals surface area contributed by atoms with E-state index < -0.39 is 5.82 Å². The number of halogens is 3. The van der Waals surface area contributed by atoms with Gasteiger partial charge in [0.2, 0.25) is 0 Å². The van der Waals surface area contributed by atoms with Gasteiger partial charge >= 0.3 is 0 Å². The van der Waals surface area contributed by atoms with Crippen LogP contribution in [-0.2, 0) is 4.74 Å². The summed E-state index contributed by atoms with van der Waals surface area (Å²) >= 11 is 5.75. The maximum atomic E-state index is 13.8. The highest BCUT2D eigenvalue weighted by Gasteiger charge is 2.11. The summed E-state index contributed by atoms with van der Waals surface area (Å²) < 4.78 is 32.0. The molecule has 3 rings (SSSR count). The van der Waals surface area contributed by atoms with Crippen LogP contribution in [0.5, 0.6) is 0 Å². The molecule has 1 heterocycles. The number of benzene rings is 2. The SMILES string of the molecule is COCCNc1cc(-c2ccc(F)cc2)nc(-c2ccc(Cl)c(F)c2)n1. The van der Waals surface area contributed by atoms with Crippen LogP contribution in [0.2, 0.25) is 5.02 Å². The number of methoxy groups -OCH3 is 1. The number of anilines is 1. The van der Waals surface area contributed by atoms with Crippen molar-refractivity contribution < 1.29 is 13.5 Å². The van der Waals surface area contributed by atoms with Crippen LogP contribution >= 0.6 is 11.6 Å². The molecule has 134 valence electrons. The normalized spacial score (nSPS) is 10.8. The monoisotopic (exact) mass is 375 g/mol. The summed E-state index contributed by atoms with van der Waals surface area (Å²) in [7, 11) is 1.60. The Labute approximate surface area is 154 Å². The highest BCUT2D eigenvalue weighted by atomic mass is 35.5. The van der Waals surface area contributed by atoms with Gasteiger partial charge in [-0.3, -0.25) is 0 Å². The van der Waals surface area contributed by atoms with Gasteiger partial charge in [-0.2, -0.15) is 0 Å². The largest absolute Gasteiger partial charge is 0.383 e. The number of nitrogens with zero attached hydrogens (tertiary/aromatic N) is 2. The van der Waals surface area contributed by atoms with E-state index in [4.69, 9.17) is 16.3 Å². The maximum absolute atomic E-state index is 13.8. The van der Waals surface area contributed by atoms with Crippen molar-refractivity contribution in [1.82, 2.24) is 9.97 Å². The summed E-state index contributed by atoms with van der Waals surface area (Å²) in [6.45, 7) is 1.05. The van der Waals surface area contributed by atoms with Crippen molar-refractivity contribution in [2.45, 2.75) is 0 Å². The lowest BCUT2D eigenvalue weighted by Crippen LogP contribution is -2.10. The fourth-order valence-corrected chi connectivity index (χ4v) is 2.47. The maximum Gasteiger partial charge on any atom is 0.162 e. The molecule has 0 unspecified atom stereocenters. The number of hydrogen-bond donors (Lipinski definition) is 1. The highest BCUT2D eigenvalue weighted by molar-refractivity contribution is 6.30. The van der Waals surface area contributed by atoms with Crippen LogP contribution in [0.4, 0.5) is 14.6 Å². The Morgan fingerprint density at radius 1 is 1.00 bits per heavy atom. The van der Waals surface area contributed by atoms with Crippen molar-refractivity contribution in [3.63, 3.8) is 0 Å². The van der Waals surface area contributed by atoms with Gasteiger partial charge in [-0.15, -0.1) is 0 Å². The average molecular weight is 376 g/mol. The first kappa shape index (κ1) is 18.2. The Hall–Kier alpha value is -2.57. The van der Waals surface area contributed by atoms with E-state index in [-0.39, 0.29) is 10.8 Å². The molecule has 3 aromatic rings. The second-order valence-corrected chi connectivity index (χ2v) is 5.92. The number of rotatable bonds is 6. The molecule has 0 atom stereocenters. The minimum atomic E-state index is -0.547. The second-order valence-electron chi connectivity index (χ2n) is 5.52. The van der Waals surface area contributed by atoms with Gasteiger partial charge in [0.25, 0.3) is 0 Å². The van der Waals surface area contributed by atoms with E-state index in [0.29, 0.717) is 36.1 Å². The van der Waals surface area contributed by atoms with Gasteiger partial charge in [0.05, 0.1) is 17.3 Å². The molecule has 0 aliphatic carbocycles. The summed E-state index contributed by atoms with van der Waals surface area (Å²) in [6, 6.07) is 12.1. The van der Waals surface area contributed by atoms with Gasteiger partial charge in [0.1, 0.15) is 17.5 Å². The molecule has 4 nitrogen and oxygen atoms in total. The van der Waals surface area contributed by atoms with Crippen LogP contribution in [0.1, 0.15) is 0 Å². The van der Waals surface area contributed by atoms with E-state index in [9.17, 15) is 8.78 Å². The first-order valence-electron chi connectivity index (χ1n) is 7.90. The van der Waals surface area contributed by atoms with Gasteiger partial charge in [-0.25, -0.2) is 18.7 Å². The van der Waals surface area contributed by atoms with Crippen LogP contribution in [0.3, 0.4) is 0 Å². The van der Waals surface area contributed by atoms with Crippen molar-refractivity contribution in [2.75, 3.05) is 25.6 Å².